The molecule has 0 aliphatic rings. The van der Waals surface area contributed by atoms with Gasteiger partial charge in [-0.3, -0.25) is 9.88 Å². The topological polar surface area (TPSA) is 36.4 Å². The Kier molecular flexibility index (Phi) is 5.01. The van der Waals surface area contributed by atoms with Gasteiger partial charge < -0.3 is 5.11 Å². The lowest BCUT2D eigenvalue weighted by Gasteiger charge is -2.18. The molecular formula is C12H18N2O. The number of nitrogens with zero attached hydrogens (tertiary/aromatic N) is 2. The molecule has 0 aliphatic carbocycles. The average molecular weight is 206 g/mol. The van der Waals surface area contributed by atoms with E-state index >= 15 is 0 Å². The predicted molar refractivity (Wildman–Crippen MR) is 61.5 cm³/mol. The highest BCUT2D eigenvalue weighted by molar-refractivity contribution is 5.12. The molecule has 0 aliphatic heterocycles. The Morgan fingerprint density at radius 3 is 2.87 bits per heavy atom. The fourth-order valence-corrected chi connectivity index (χ4v) is 1.38. The molecule has 0 spiro atoms. The van der Waals surface area contributed by atoms with Crippen LogP contribution in [0.5, 0.6) is 0 Å². The summed E-state index contributed by atoms with van der Waals surface area (Å²) in [5.41, 5.74) is 2.19. The molecule has 1 rings (SSSR count). The van der Waals surface area contributed by atoms with Crippen molar-refractivity contribution in [3.8, 4) is 0 Å². The van der Waals surface area contributed by atoms with Crippen molar-refractivity contribution in [3.63, 3.8) is 0 Å². The van der Waals surface area contributed by atoms with Crippen molar-refractivity contribution in [1.82, 2.24) is 9.88 Å². The van der Waals surface area contributed by atoms with Crippen molar-refractivity contribution in [3.05, 3.63) is 42.2 Å². The summed E-state index contributed by atoms with van der Waals surface area (Å²) in [5, 5.41) is 8.89. The van der Waals surface area contributed by atoms with Crippen LogP contribution in [0.1, 0.15) is 11.3 Å². The lowest BCUT2D eigenvalue weighted by molar-refractivity contribution is 0.202. The van der Waals surface area contributed by atoms with Gasteiger partial charge in [-0.15, -0.1) is 6.58 Å². The maximum absolute atomic E-state index is 8.89. The van der Waals surface area contributed by atoms with E-state index < -0.39 is 0 Å². The predicted octanol–water partition coefficient (Wildman–Crippen LogP) is 1.37. The van der Waals surface area contributed by atoms with E-state index in [9.17, 15) is 0 Å². The first-order valence-corrected chi connectivity index (χ1v) is 5.12. The van der Waals surface area contributed by atoms with Gasteiger partial charge in [0.2, 0.25) is 0 Å². The maximum atomic E-state index is 8.89. The molecule has 1 heterocycles. The number of aliphatic hydroxyl groups excluding tert-OH is 1. The zero-order chi connectivity index (χ0) is 11.1. The molecule has 15 heavy (non-hydrogen) atoms. The van der Waals surface area contributed by atoms with Gasteiger partial charge in [-0.05, 0) is 18.6 Å². The zero-order valence-electron chi connectivity index (χ0n) is 9.19. The molecule has 3 heteroatoms. The zero-order valence-corrected chi connectivity index (χ0v) is 9.19. The minimum Gasteiger partial charge on any atom is -0.395 e. The minimum atomic E-state index is 0.166. The van der Waals surface area contributed by atoms with Gasteiger partial charge in [0.1, 0.15) is 0 Å². The van der Waals surface area contributed by atoms with Crippen LogP contribution in [0.2, 0.25) is 0 Å². The summed E-state index contributed by atoms with van der Waals surface area (Å²) in [4.78, 5) is 6.43. The van der Waals surface area contributed by atoms with E-state index in [0.29, 0.717) is 6.54 Å². The monoisotopic (exact) mass is 206 g/mol. The van der Waals surface area contributed by atoms with E-state index in [2.05, 4.69) is 16.5 Å². The molecule has 3 nitrogen and oxygen atoms in total. The van der Waals surface area contributed by atoms with Crippen LogP contribution in [-0.4, -0.2) is 34.7 Å². The van der Waals surface area contributed by atoms with Crippen LogP contribution in [0.25, 0.3) is 0 Å². The third kappa shape index (κ3) is 4.23. The molecular weight excluding hydrogens is 188 g/mol. The number of rotatable bonds is 6. The molecule has 0 atom stereocenters. The number of aryl methyl sites for hydroxylation is 1. The summed E-state index contributed by atoms with van der Waals surface area (Å²) >= 11 is 0. The smallest absolute Gasteiger partial charge is 0.0558 e. The standard InChI is InChI=1S/C12H18N2O/c1-3-6-14(7-8-15)10-12-5-4-11(2)9-13-12/h3-5,9,15H,1,6-8,10H2,2H3. The van der Waals surface area contributed by atoms with E-state index in [4.69, 9.17) is 5.11 Å². The summed E-state index contributed by atoms with van der Waals surface area (Å²) in [6.45, 7) is 8.07. The summed E-state index contributed by atoms with van der Waals surface area (Å²) in [7, 11) is 0. The molecule has 0 aromatic carbocycles. The Labute approximate surface area is 91.1 Å². The minimum absolute atomic E-state index is 0.166. The van der Waals surface area contributed by atoms with Crippen LogP contribution in [-0.2, 0) is 6.54 Å². The Morgan fingerprint density at radius 2 is 2.33 bits per heavy atom. The molecule has 1 aromatic heterocycles. The van der Waals surface area contributed by atoms with Gasteiger partial charge in [0, 0.05) is 25.8 Å². The summed E-state index contributed by atoms with van der Waals surface area (Å²) in [6.07, 6.45) is 3.70. The quantitative estimate of drug-likeness (QED) is 0.714. The van der Waals surface area contributed by atoms with E-state index in [0.717, 1.165) is 24.3 Å². The van der Waals surface area contributed by atoms with E-state index in [1.54, 1.807) is 0 Å². The van der Waals surface area contributed by atoms with Gasteiger partial charge in [-0.25, -0.2) is 0 Å². The number of pyridine rings is 1. The van der Waals surface area contributed by atoms with Gasteiger partial charge in [0.25, 0.3) is 0 Å². The van der Waals surface area contributed by atoms with Gasteiger partial charge in [0.05, 0.1) is 12.3 Å². The molecule has 0 amide bonds. The van der Waals surface area contributed by atoms with E-state index in [1.807, 2.05) is 31.3 Å². The van der Waals surface area contributed by atoms with Crippen LogP contribution in [0.4, 0.5) is 0 Å². The Bertz CT molecular complexity index is 295. The third-order valence-electron chi connectivity index (χ3n) is 2.16. The molecule has 1 N–H and O–H groups in total. The Morgan fingerprint density at radius 1 is 1.53 bits per heavy atom. The maximum Gasteiger partial charge on any atom is 0.0558 e. The van der Waals surface area contributed by atoms with E-state index in [-0.39, 0.29) is 6.61 Å². The number of aliphatic hydroxyl groups is 1. The van der Waals surface area contributed by atoms with Crippen LogP contribution in [0.15, 0.2) is 31.0 Å². The van der Waals surface area contributed by atoms with Crippen LogP contribution < -0.4 is 0 Å². The average Bonchev–Trinajstić information content (AvgIpc) is 2.22. The fraction of sp³-hybridized carbons (Fsp3) is 0.417. The molecule has 0 saturated carbocycles. The highest BCUT2D eigenvalue weighted by atomic mass is 16.3. The third-order valence-corrected chi connectivity index (χ3v) is 2.16. The van der Waals surface area contributed by atoms with Crippen LogP contribution >= 0.6 is 0 Å². The molecule has 0 bridgehead atoms. The Balaban J connectivity index is 2.56. The first-order chi connectivity index (χ1) is 7.26. The van der Waals surface area contributed by atoms with Crippen molar-refractivity contribution >= 4 is 0 Å². The second-order valence-corrected chi connectivity index (χ2v) is 3.57. The van der Waals surface area contributed by atoms with E-state index in [1.165, 1.54) is 0 Å². The highest BCUT2D eigenvalue weighted by Crippen LogP contribution is 2.03. The van der Waals surface area contributed by atoms with Crippen molar-refractivity contribution in [2.45, 2.75) is 13.5 Å². The summed E-state index contributed by atoms with van der Waals surface area (Å²) < 4.78 is 0. The first-order valence-electron chi connectivity index (χ1n) is 5.12. The van der Waals surface area contributed by atoms with Crippen molar-refractivity contribution < 1.29 is 5.11 Å². The molecule has 0 radical (unpaired) electrons. The second-order valence-electron chi connectivity index (χ2n) is 3.57. The largest absolute Gasteiger partial charge is 0.395 e. The number of aromatic nitrogens is 1. The Hall–Kier alpha value is -1.19. The van der Waals surface area contributed by atoms with Gasteiger partial charge >= 0.3 is 0 Å². The molecule has 0 unspecified atom stereocenters. The molecule has 82 valence electrons. The van der Waals surface area contributed by atoms with Gasteiger partial charge in [-0.1, -0.05) is 12.1 Å². The van der Waals surface area contributed by atoms with Crippen molar-refractivity contribution in [2.75, 3.05) is 19.7 Å². The van der Waals surface area contributed by atoms with Crippen molar-refractivity contribution in [1.29, 1.82) is 0 Å². The van der Waals surface area contributed by atoms with Gasteiger partial charge in [0.15, 0.2) is 0 Å². The molecule has 1 aromatic rings. The lowest BCUT2D eigenvalue weighted by atomic mass is 10.2. The number of hydrogen-bond donors (Lipinski definition) is 1. The van der Waals surface area contributed by atoms with Crippen LogP contribution in [0, 0.1) is 6.92 Å². The number of hydrogen-bond acceptors (Lipinski definition) is 3. The summed E-state index contributed by atoms with van der Waals surface area (Å²) in [5.74, 6) is 0. The fourth-order valence-electron chi connectivity index (χ4n) is 1.38. The highest BCUT2D eigenvalue weighted by Gasteiger charge is 2.03. The molecule has 0 saturated heterocycles. The lowest BCUT2D eigenvalue weighted by Crippen LogP contribution is -2.26. The SMILES string of the molecule is C=CCN(CCO)Cc1ccc(C)cn1. The van der Waals surface area contributed by atoms with Crippen molar-refractivity contribution in [2.24, 2.45) is 0 Å². The summed E-state index contributed by atoms with van der Waals surface area (Å²) in [6, 6.07) is 4.07. The van der Waals surface area contributed by atoms with Gasteiger partial charge in [-0.2, -0.15) is 0 Å². The van der Waals surface area contributed by atoms with Crippen LogP contribution in [0.3, 0.4) is 0 Å². The molecule has 0 fully saturated rings. The first kappa shape index (κ1) is 11.9. The second kappa shape index (κ2) is 6.32. The normalized spacial score (nSPS) is 10.6.